The molecule has 1 atom stereocenters. The Morgan fingerprint density at radius 3 is 2.75 bits per heavy atom. The molecule has 1 unspecified atom stereocenters. The monoisotopic (exact) mass is 304 g/mol. The Morgan fingerprint density at radius 2 is 2.25 bits per heavy atom. The van der Waals surface area contributed by atoms with Crippen LogP contribution in [0, 0.1) is 0 Å². The minimum absolute atomic E-state index is 0.0986. The minimum Gasteiger partial charge on any atom is -0.422 e. The van der Waals surface area contributed by atoms with E-state index in [9.17, 15) is 4.57 Å². The van der Waals surface area contributed by atoms with Crippen LogP contribution in [-0.4, -0.2) is 12.4 Å². The van der Waals surface area contributed by atoms with E-state index in [1.165, 1.54) is 0 Å². The van der Waals surface area contributed by atoms with Crippen LogP contribution in [0.4, 0.5) is 0 Å². The number of rotatable bonds is 9. The number of halogens is 2. The average molecular weight is 305 g/mol. The van der Waals surface area contributed by atoms with E-state index in [-0.39, 0.29) is 4.49 Å². The molecule has 7 heteroatoms. The summed E-state index contributed by atoms with van der Waals surface area (Å²) in [6.45, 7) is 2.71. The van der Waals surface area contributed by atoms with Gasteiger partial charge in [0.1, 0.15) is 10.8 Å². The van der Waals surface area contributed by atoms with Crippen molar-refractivity contribution in [3.63, 3.8) is 0 Å². The Labute approximate surface area is 110 Å². The van der Waals surface area contributed by atoms with Crippen molar-refractivity contribution in [1.82, 2.24) is 0 Å². The van der Waals surface area contributed by atoms with Gasteiger partial charge in [-0.3, -0.25) is 4.52 Å². The largest absolute Gasteiger partial charge is 0.439 e. The molecule has 0 radical (unpaired) electrons. The number of hydrogen-bond donors (Lipinski definition) is 0. The van der Waals surface area contributed by atoms with Crippen molar-refractivity contribution >= 4 is 41.4 Å². The molecule has 0 aromatic heterocycles. The van der Waals surface area contributed by atoms with Crippen molar-refractivity contribution in [2.24, 2.45) is 0 Å². The minimum atomic E-state index is -3.22. The average Bonchev–Trinajstić information content (AvgIpc) is 2.24. The van der Waals surface area contributed by atoms with E-state index >= 15 is 0 Å². The lowest BCUT2D eigenvalue weighted by atomic mass is 10.4. The van der Waals surface area contributed by atoms with Gasteiger partial charge in [-0.05, 0) is 17.8 Å². The van der Waals surface area contributed by atoms with Gasteiger partial charge in [0, 0.05) is 5.75 Å². The summed E-state index contributed by atoms with van der Waals surface area (Å²) in [5.74, 6) is 0.469. The third-order valence-electron chi connectivity index (χ3n) is 1.37. The molecule has 0 fully saturated rings. The van der Waals surface area contributed by atoms with Crippen molar-refractivity contribution in [2.75, 3.05) is 12.4 Å². The molecule has 0 aliphatic heterocycles. The smallest absolute Gasteiger partial charge is 0.422 e. The van der Waals surface area contributed by atoms with Gasteiger partial charge in [-0.25, -0.2) is 4.57 Å². The molecule has 0 rings (SSSR count). The predicted octanol–water partition coefficient (Wildman–Crippen LogP) is 5.12. The highest BCUT2D eigenvalue weighted by atomic mass is 35.5. The molecule has 16 heavy (non-hydrogen) atoms. The third-order valence-corrected chi connectivity index (χ3v) is 5.08. The standard InChI is InChI=1S/C9H15Cl2O3PS/c1-3-5-6-13-15(12,16-7-4-2)14-8-9(10)11/h4,8H,2-3,5-7H2,1H3. The van der Waals surface area contributed by atoms with Gasteiger partial charge >= 0.3 is 6.80 Å². The van der Waals surface area contributed by atoms with E-state index in [1.807, 2.05) is 6.92 Å². The summed E-state index contributed by atoms with van der Waals surface area (Å²) in [5, 5.41) is 0. The molecule has 0 aromatic rings. The molecule has 0 aliphatic carbocycles. The summed E-state index contributed by atoms with van der Waals surface area (Å²) in [4.78, 5) is 0. The first-order valence-corrected chi connectivity index (χ1v) is 8.62. The lowest BCUT2D eigenvalue weighted by Crippen LogP contribution is -1.92. The molecule has 0 aromatic carbocycles. The molecule has 94 valence electrons. The quantitative estimate of drug-likeness (QED) is 0.256. The second kappa shape index (κ2) is 9.43. The SMILES string of the molecule is C=CCSP(=O)(OC=C(Cl)Cl)OCCCC. The van der Waals surface area contributed by atoms with E-state index in [1.54, 1.807) is 6.08 Å². The Morgan fingerprint density at radius 1 is 1.56 bits per heavy atom. The van der Waals surface area contributed by atoms with Gasteiger partial charge in [0.05, 0.1) is 6.61 Å². The molecule has 0 saturated heterocycles. The summed E-state index contributed by atoms with van der Waals surface area (Å²) in [6.07, 6.45) is 4.42. The maximum Gasteiger partial charge on any atom is 0.439 e. The van der Waals surface area contributed by atoms with E-state index in [2.05, 4.69) is 6.58 Å². The van der Waals surface area contributed by atoms with Gasteiger partial charge in [-0.2, -0.15) is 0 Å². The second-order valence-electron chi connectivity index (χ2n) is 2.73. The zero-order chi connectivity index (χ0) is 12.4. The molecule has 0 saturated carbocycles. The van der Waals surface area contributed by atoms with Crippen LogP contribution in [0.5, 0.6) is 0 Å². The fraction of sp³-hybridized carbons (Fsp3) is 0.556. The van der Waals surface area contributed by atoms with Crippen molar-refractivity contribution in [1.29, 1.82) is 0 Å². The van der Waals surface area contributed by atoms with Gasteiger partial charge in [-0.1, -0.05) is 42.6 Å². The maximum absolute atomic E-state index is 12.1. The molecule has 3 nitrogen and oxygen atoms in total. The highest BCUT2D eigenvalue weighted by Crippen LogP contribution is 2.61. The summed E-state index contributed by atoms with van der Waals surface area (Å²) < 4.78 is 22.1. The third kappa shape index (κ3) is 8.54. The number of unbranched alkanes of at least 4 members (excludes halogenated alkanes) is 1. The van der Waals surface area contributed by atoms with Gasteiger partial charge < -0.3 is 4.52 Å². The lowest BCUT2D eigenvalue weighted by Gasteiger charge is -2.15. The highest BCUT2D eigenvalue weighted by Gasteiger charge is 2.25. The van der Waals surface area contributed by atoms with Gasteiger partial charge in [0.2, 0.25) is 0 Å². The Balaban J connectivity index is 4.29. The van der Waals surface area contributed by atoms with E-state index in [4.69, 9.17) is 32.2 Å². The van der Waals surface area contributed by atoms with Crippen LogP contribution in [0.25, 0.3) is 0 Å². The van der Waals surface area contributed by atoms with Crippen LogP contribution in [0.2, 0.25) is 0 Å². The molecule has 0 N–H and O–H groups in total. The van der Waals surface area contributed by atoms with Crippen molar-refractivity contribution in [3.8, 4) is 0 Å². The van der Waals surface area contributed by atoms with Gasteiger partial charge in [0.25, 0.3) is 0 Å². The Bertz CT molecular complexity index is 280. The van der Waals surface area contributed by atoms with Gasteiger partial charge in [-0.15, -0.1) is 6.58 Å². The molecular formula is C9H15Cl2O3PS. The van der Waals surface area contributed by atoms with Crippen LogP contribution in [-0.2, 0) is 13.6 Å². The van der Waals surface area contributed by atoms with E-state index in [0.717, 1.165) is 30.5 Å². The van der Waals surface area contributed by atoms with Crippen LogP contribution < -0.4 is 0 Å². The first-order valence-electron chi connectivity index (χ1n) is 4.73. The summed E-state index contributed by atoms with van der Waals surface area (Å²) >= 11 is 11.8. The molecular weight excluding hydrogens is 290 g/mol. The fourth-order valence-electron chi connectivity index (χ4n) is 0.667. The predicted molar refractivity (Wildman–Crippen MR) is 72.0 cm³/mol. The Kier molecular flexibility index (Phi) is 9.67. The van der Waals surface area contributed by atoms with E-state index in [0.29, 0.717) is 12.4 Å². The Hall–Kier alpha value is 0.400. The second-order valence-corrected chi connectivity index (χ2v) is 7.81. The first kappa shape index (κ1) is 16.4. The van der Waals surface area contributed by atoms with E-state index < -0.39 is 6.80 Å². The van der Waals surface area contributed by atoms with Crippen molar-refractivity contribution in [2.45, 2.75) is 19.8 Å². The maximum atomic E-state index is 12.1. The fourth-order valence-corrected chi connectivity index (χ4v) is 3.57. The summed E-state index contributed by atoms with van der Waals surface area (Å²) in [6, 6.07) is 0. The topological polar surface area (TPSA) is 35.5 Å². The molecule has 0 aliphatic rings. The summed E-state index contributed by atoms with van der Waals surface area (Å²) in [7, 11) is 0. The van der Waals surface area contributed by atoms with Gasteiger partial charge in [0.15, 0.2) is 0 Å². The highest BCUT2D eigenvalue weighted by molar-refractivity contribution is 8.55. The van der Waals surface area contributed by atoms with Crippen LogP contribution in [0.3, 0.4) is 0 Å². The molecule has 0 heterocycles. The lowest BCUT2D eigenvalue weighted by molar-refractivity contribution is 0.261. The number of hydrogen-bond acceptors (Lipinski definition) is 4. The van der Waals surface area contributed by atoms with Crippen LogP contribution in [0.15, 0.2) is 23.4 Å². The molecule has 0 bridgehead atoms. The normalized spacial score (nSPS) is 13.9. The summed E-state index contributed by atoms with van der Waals surface area (Å²) in [5.41, 5.74) is 0. The zero-order valence-corrected chi connectivity index (χ0v) is 12.2. The van der Waals surface area contributed by atoms with Crippen molar-refractivity contribution in [3.05, 3.63) is 23.4 Å². The molecule has 0 amide bonds. The zero-order valence-electron chi connectivity index (χ0n) is 9.03. The van der Waals surface area contributed by atoms with Crippen molar-refractivity contribution < 1.29 is 13.6 Å². The first-order chi connectivity index (χ1) is 7.54. The van der Waals surface area contributed by atoms with Crippen LogP contribution >= 0.6 is 41.4 Å². The van der Waals surface area contributed by atoms with Crippen LogP contribution in [0.1, 0.15) is 19.8 Å². The molecule has 0 spiro atoms.